The van der Waals surface area contributed by atoms with Crippen LogP contribution in [0.25, 0.3) is 6.08 Å². The maximum Gasteiger partial charge on any atom is 0.249 e. The first-order valence-electron chi connectivity index (χ1n) is 12.3. The lowest BCUT2D eigenvalue weighted by Gasteiger charge is -2.68. The summed E-state index contributed by atoms with van der Waals surface area (Å²) < 4.78 is 6.13. The van der Waals surface area contributed by atoms with Gasteiger partial charge in [-0.2, -0.15) is 0 Å². The summed E-state index contributed by atoms with van der Waals surface area (Å²) in [5.41, 5.74) is -2.87. The number of nitrogens with zero attached hydrogens (tertiary/aromatic N) is 2. The molecule has 0 aromatic heterocycles. The number of hydrogen-bond acceptors (Lipinski definition) is 6. The predicted octanol–water partition coefficient (Wildman–Crippen LogP) is 2.32. The van der Waals surface area contributed by atoms with Crippen molar-refractivity contribution in [1.29, 1.82) is 0 Å². The van der Waals surface area contributed by atoms with Gasteiger partial charge in [-0.25, -0.2) is 5.06 Å². The maximum absolute atomic E-state index is 14.0. The molecule has 180 valence electrons. The topological polar surface area (TPSA) is 102 Å². The van der Waals surface area contributed by atoms with Gasteiger partial charge in [0.2, 0.25) is 11.8 Å². The fourth-order valence-corrected chi connectivity index (χ4v) is 8.47. The van der Waals surface area contributed by atoms with Gasteiger partial charge in [0.05, 0.1) is 11.7 Å². The highest BCUT2D eigenvalue weighted by atomic mass is 16.5. The van der Waals surface area contributed by atoms with E-state index in [2.05, 4.69) is 5.32 Å². The summed E-state index contributed by atoms with van der Waals surface area (Å²) in [5.74, 6) is 0.254. The average Bonchev–Trinajstić information content (AvgIpc) is 3.27. The summed E-state index contributed by atoms with van der Waals surface area (Å²) in [6, 6.07) is 2.96. The smallest absolute Gasteiger partial charge is 0.249 e. The molecule has 6 heterocycles. The molecule has 2 spiro atoms. The molecule has 1 aromatic carbocycles. The fraction of sp³-hybridized carbons (Fsp3) is 0.615. The maximum atomic E-state index is 14.0. The number of nitrogens with one attached hydrogen (secondary N) is 1. The van der Waals surface area contributed by atoms with E-state index in [1.165, 1.54) is 5.06 Å². The van der Waals surface area contributed by atoms with Gasteiger partial charge in [0.25, 0.3) is 0 Å². The molecule has 2 bridgehead atoms. The summed E-state index contributed by atoms with van der Waals surface area (Å²) in [6.07, 6.45) is 5.94. The van der Waals surface area contributed by atoms with E-state index in [0.717, 1.165) is 12.0 Å². The van der Waals surface area contributed by atoms with Crippen molar-refractivity contribution in [3.63, 3.8) is 0 Å². The minimum Gasteiger partial charge on any atom is -0.483 e. The number of piperazine rings is 1. The Labute approximate surface area is 198 Å². The molecule has 8 heteroatoms. The molecule has 1 aromatic rings. The van der Waals surface area contributed by atoms with E-state index >= 15 is 0 Å². The third-order valence-electron chi connectivity index (χ3n) is 9.76. The van der Waals surface area contributed by atoms with Crippen molar-refractivity contribution in [2.45, 2.75) is 81.7 Å². The average molecular weight is 466 g/mol. The third kappa shape index (κ3) is 2.02. The quantitative estimate of drug-likeness (QED) is 0.544. The molecule has 34 heavy (non-hydrogen) atoms. The molecule has 5 unspecified atom stereocenters. The molecule has 2 amide bonds. The number of hydrogen-bond donors (Lipinski definition) is 3. The highest BCUT2D eigenvalue weighted by molar-refractivity contribution is 6.05. The van der Waals surface area contributed by atoms with Crippen molar-refractivity contribution in [2.24, 2.45) is 11.3 Å². The Bertz CT molecular complexity index is 1220. The first kappa shape index (κ1) is 20.8. The number of aliphatic hydroxyl groups is 1. The first-order chi connectivity index (χ1) is 15.9. The minimum absolute atomic E-state index is 0.0365. The lowest BCUT2D eigenvalue weighted by atomic mass is 9.46. The van der Waals surface area contributed by atoms with Crippen molar-refractivity contribution in [3.8, 4) is 5.75 Å². The standard InChI is InChI=1S/C26H31N3O5/c1-22(2)10-8-14-16(34-22)7-6-15-18(14)29(33)19-23(3,4)17-12-24-9-5-11-28(24)21(31)25(17,27-20(24)30)13-26(15,19)32/h6-8,10,17,19,32-33H,5,9,11-13H2,1-4H3,(H,27,30). The van der Waals surface area contributed by atoms with Gasteiger partial charge in [-0.15, -0.1) is 0 Å². The Morgan fingerprint density at radius 3 is 2.71 bits per heavy atom. The van der Waals surface area contributed by atoms with Crippen molar-refractivity contribution >= 4 is 23.6 Å². The molecule has 8 rings (SSSR count). The van der Waals surface area contributed by atoms with Crippen LogP contribution in [0.15, 0.2) is 18.2 Å². The van der Waals surface area contributed by atoms with Gasteiger partial charge < -0.3 is 20.1 Å². The van der Waals surface area contributed by atoms with Crippen molar-refractivity contribution in [1.82, 2.24) is 10.2 Å². The lowest BCUT2D eigenvalue weighted by Crippen LogP contribution is -2.86. The second-order valence-corrected chi connectivity index (χ2v) is 12.4. The van der Waals surface area contributed by atoms with Crippen LogP contribution >= 0.6 is 0 Å². The van der Waals surface area contributed by atoms with E-state index in [-0.39, 0.29) is 24.2 Å². The number of amides is 2. The number of hydroxylamine groups is 1. The molecule has 7 aliphatic rings. The molecular formula is C26H31N3O5. The molecule has 0 radical (unpaired) electrons. The fourth-order valence-electron chi connectivity index (χ4n) is 8.47. The molecule has 5 fully saturated rings. The van der Waals surface area contributed by atoms with Crippen LogP contribution in [0.3, 0.4) is 0 Å². The largest absolute Gasteiger partial charge is 0.483 e. The van der Waals surface area contributed by atoms with Gasteiger partial charge in [0, 0.05) is 30.0 Å². The van der Waals surface area contributed by atoms with E-state index in [9.17, 15) is 19.9 Å². The summed E-state index contributed by atoms with van der Waals surface area (Å²) >= 11 is 0. The van der Waals surface area contributed by atoms with E-state index in [0.29, 0.717) is 36.4 Å². The molecule has 3 N–H and O–H groups in total. The van der Waals surface area contributed by atoms with Crippen LogP contribution in [0.2, 0.25) is 0 Å². The van der Waals surface area contributed by atoms with E-state index in [1.807, 2.05) is 45.9 Å². The Kier molecular flexibility index (Phi) is 3.43. The minimum atomic E-state index is -1.53. The third-order valence-corrected chi connectivity index (χ3v) is 9.76. The van der Waals surface area contributed by atoms with Gasteiger partial charge in [0.15, 0.2) is 0 Å². The van der Waals surface area contributed by atoms with Crippen LogP contribution in [0.5, 0.6) is 5.75 Å². The number of benzene rings is 1. The van der Waals surface area contributed by atoms with Crippen LogP contribution in [-0.2, 0) is 15.2 Å². The molecule has 6 aliphatic heterocycles. The first-order valence-corrected chi connectivity index (χ1v) is 12.3. The summed E-state index contributed by atoms with van der Waals surface area (Å²) in [5, 5.41) is 28.3. The van der Waals surface area contributed by atoms with E-state index in [4.69, 9.17) is 4.74 Å². The van der Waals surface area contributed by atoms with Crippen LogP contribution in [0.4, 0.5) is 5.69 Å². The Balaban J connectivity index is 1.43. The Morgan fingerprint density at radius 2 is 1.94 bits per heavy atom. The van der Waals surface area contributed by atoms with Gasteiger partial charge >= 0.3 is 0 Å². The second-order valence-electron chi connectivity index (χ2n) is 12.4. The Morgan fingerprint density at radius 1 is 1.18 bits per heavy atom. The molecule has 8 nitrogen and oxygen atoms in total. The van der Waals surface area contributed by atoms with Crippen LogP contribution in [0.1, 0.15) is 64.5 Å². The highest BCUT2D eigenvalue weighted by Crippen LogP contribution is 2.67. The zero-order chi connectivity index (χ0) is 24.1. The van der Waals surface area contributed by atoms with Gasteiger partial charge in [0.1, 0.15) is 28.0 Å². The number of fused-ring (bicyclic) bond motifs is 6. The molecule has 1 saturated carbocycles. The van der Waals surface area contributed by atoms with Gasteiger partial charge in [-0.1, -0.05) is 19.9 Å². The SMILES string of the molecule is CC1(C)C=Cc2c(ccc3c2N(O)C2C3(O)CC34NC(=O)C5(CCCN5C3=O)CC4C2(C)C)O1. The molecule has 4 saturated heterocycles. The lowest BCUT2D eigenvalue weighted by molar-refractivity contribution is -0.210. The summed E-state index contributed by atoms with van der Waals surface area (Å²) in [7, 11) is 0. The molecule has 5 atom stereocenters. The number of rotatable bonds is 0. The molecular weight excluding hydrogens is 434 g/mol. The van der Waals surface area contributed by atoms with E-state index < -0.39 is 33.7 Å². The Hall–Kier alpha value is -2.58. The number of carbonyl (C=O) groups is 2. The number of ether oxygens (including phenoxy) is 1. The zero-order valence-corrected chi connectivity index (χ0v) is 20.0. The highest BCUT2D eigenvalue weighted by Gasteiger charge is 2.78. The normalized spacial score (nSPS) is 41.8. The number of piperidine rings is 2. The van der Waals surface area contributed by atoms with Crippen LogP contribution in [-0.4, -0.2) is 56.3 Å². The number of carbonyl (C=O) groups excluding carboxylic acids is 2. The molecule has 1 aliphatic carbocycles. The van der Waals surface area contributed by atoms with Gasteiger partial charge in [-0.05, 0) is 56.7 Å². The van der Waals surface area contributed by atoms with Crippen molar-refractivity contribution < 1.29 is 24.6 Å². The second kappa shape index (κ2) is 5.62. The predicted molar refractivity (Wildman–Crippen MR) is 123 cm³/mol. The summed E-state index contributed by atoms with van der Waals surface area (Å²) in [6.45, 7) is 8.54. The van der Waals surface area contributed by atoms with Gasteiger partial charge in [-0.3, -0.25) is 14.8 Å². The van der Waals surface area contributed by atoms with Crippen LogP contribution in [0, 0.1) is 11.3 Å². The summed E-state index contributed by atoms with van der Waals surface area (Å²) in [4.78, 5) is 29.1. The monoisotopic (exact) mass is 465 g/mol. The van der Waals surface area contributed by atoms with Crippen molar-refractivity contribution in [3.05, 3.63) is 29.3 Å². The zero-order valence-electron chi connectivity index (χ0n) is 20.0. The number of anilines is 1. The van der Waals surface area contributed by atoms with Crippen LogP contribution < -0.4 is 15.1 Å². The van der Waals surface area contributed by atoms with Crippen molar-refractivity contribution in [2.75, 3.05) is 11.6 Å². The van der Waals surface area contributed by atoms with E-state index in [1.54, 1.807) is 11.0 Å².